The van der Waals surface area contributed by atoms with Crippen molar-refractivity contribution in [2.75, 3.05) is 0 Å². The third-order valence-corrected chi connectivity index (χ3v) is 6.59. The number of aromatic nitrogens is 3. The van der Waals surface area contributed by atoms with E-state index in [0.29, 0.717) is 16.4 Å². The highest BCUT2D eigenvalue weighted by Gasteiger charge is 2.18. The number of rotatable bonds is 4. The lowest BCUT2D eigenvalue weighted by Gasteiger charge is -2.13. The number of nitriles is 1. The SMILES string of the molecule is Cc1ccc(Oc2nc3c(C)cccn3c(=O)c2C=C(C#N)c2nc3ccccc3s2)c(C)c1. The summed E-state index contributed by atoms with van der Waals surface area (Å²) in [5.74, 6) is 0.753. The molecule has 0 saturated heterocycles. The summed E-state index contributed by atoms with van der Waals surface area (Å²) in [6, 6.07) is 19.4. The van der Waals surface area contributed by atoms with Gasteiger partial charge >= 0.3 is 0 Å². The molecule has 5 aromatic rings. The zero-order chi connectivity index (χ0) is 23.8. The molecule has 0 aliphatic carbocycles. The lowest BCUT2D eigenvalue weighted by Crippen LogP contribution is -2.19. The summed E-state index contributed by atoms with van der Waals surface area (Å²) in [6.07, 6.45) is 3.19. The lowest BCUT2D eigenvalue weighted by atomic mass is 10.1. The van der Waals surface area contributed by atoms with Crippen molar-refractivity contribution in [2.45, 2.75) is 20.8 Å². The first-order valence-electron chi connectivity index (χ1n) is 10.7. The fraction of sp³-hybridized carbons (Fsp3) is 0.111. The van der Waals surface area contributed by atoms with E-state index in [-0.39, 0.29) is 22.6 Å². The summed E-state index contributed by atoms with van der Waals surface area (Å²) in [5.41, 5.74) is 4.33. The Kier molecular flexibility index (Phi) is 5.44. The Morgan fingerprint density at radius 2 is 1.88 bits per heavy atom. The Bertz CT molecular complexity index is 1670. The molecule has 166 valence electrons. The van der Waals surface area contributed by atoms with E-state index in [1.165, 1.54) is 21.8 Å². The molecule has 0 spiro atoms. The van der Waals surface area contributed by atoms with Gasteiger partial charge in [0.25, 0.3) is 5.56 Å². The van der Waals surface area contributed by atoms with Crippen molar-refractivity contribution in [1.82, 2.24) is 14.4 Å². The molecule has 3 aromatic heterocycles. The first-order valence-corrected chi connectivity index (χ1v) is 11.5. The van der Waals surface area contributed by atoms with Gasteiger partial charge in [-0.15, -0.1) is 11.3 Å². The molecule has 0 atom stereocenters. The molecule has 0 amide bonds. The Labute approximate surface area is 200 Å². The van der Waals surface area contributed by atoms with Crippen molar-refractivity contribution in [1.29, 1.82) is 5.26 Å². The molecule has 34 heavy (non-hydrogen) atoms. The summed E-state index contributed by atoms with van der Waals surface area (Å²) in [4.78, 5) is 22.8. The minimum atomic E-state index is -0.317. The van der Waals surface area contributed by atoms with E-state index in [9.17, 15) is 10.1 Å². The second-order valence-corrected chi connectivity index (χ2v) is 9.08. The summed E-state index contributed by atoms with van der Waals surface area (Å²) in [7, 11) is 0. The number of hydrogen-bond acceptors (Lipinski definition) is 6. The van der Waals surface area contributed by atoms with Gasteiger partial charge in [0, 0.05) is 6.20 Å². The number of thiazole rings is 1. The van der Waals surface area contributed by atoms with Gasteiger partial charge in [-0.25, -0.2) is 4.98 Å². The summed E-state index contributed by atoms with van der Waals surface area (Å²) in [6.45, 7) is 5.84. The van der Waals surface area contributed by atoms with Crippen LogP contribution in [0, 0.1) is 32.1 Å². The van der Waals surface area contributed by atoms with Crippen LogP contribution in [0.4, 0.5) is 0 Å². The molecular weight excluding hydrogens is 444 g/mol. The number of hydrogen-bond donors (Lipinski definition) is 0. The van der Waals surface area contributed by atoms with Gasteiger partial charge in [-0.05, 0) is 62.2 Å². The molecule has 0 aliphatic heterocycles. The zero-order valence-corrected chi connectivity index (χ0v) is 19.7. The van der Waals surface area contributed by atoms with Gasteiger partial charge in [-0.2, -0.15) is 10.2 Å². The van der Waals surface area contributed by atoms with Gasteiger partial charge in [0.1, 0.15) is 28.0 Å². The molecule has 0 aliphatic rings. The zero-order valence-electron chi connectivity index (χ0n) is 18.9. The number of ether oxygens (including phenoxy) is 1. The van der Waals surface area contributed by atoms with Crippen molar-refractivity contribution < 1.29 is 4.74 Å². The highest BCUT2D eigenvalue weighted by atomic mass is 32.1. The first kappa shape index (κ1) is 21.6. The maximum atomic E-state index is 13.6. The molecular formula is C27H20N4O2S. The average molecular weight is 465 g/mol. The van der Waals surface area contributed by atoms with Crippen molar-refractivity contribution >= 4 is 38.8 Å². The van der Waals surface area contributed by atoms with E-state index in [1.54, 1.807) is 12.3 Å². The van der Waals surface area contributed by atoms with Crippen molar-refractivity contribution in [3.63, 3.8) is 0 Å². The molecule has 2 aromatic carbocycles. The van der Waals surface area contributed by atoms with E-state index < -0.39 is 0 Å². The Morgan fingerprint density at radius 1 is 1.06 bits per heavy atom. The van der Waals surface area contributed by atoms with Crippen LogP contribution in [-0.4, -0.2) is 14.4 Å². The van der Waals surface area contributed by atoms with Crippen molar-refractivity contribution in [3.05, 3.63) is 98.4 Å². The summed E-state index contributed by atoms with van der Waals surface area (Å²) in [5, 5.41) is 10.5. The number of allylic oxidation sites excluding steroid dienone is 1. The van der Waals surface area contributed by atoms with E-state index in [4.69, 9.17) is 4.74 Å². The Balaban J connectivity index is 1.74. The third-order valence-electron chi connectivity index (χ3n) is 5.52. The van der Waals surface area contributed by atoms with Gasteiger partial charge in [0.05, 0.1) is 15.8 Å². The maximum absolute atomic E-state index is 13.6. The minimum Gasteiger partial charge on any atom is -0.438 e. The number of benzene rings is 2. The van der Waals surface area contributed by atoms with Crippen LogP contribution in [0.3, 0.4) is 0 Å². The maximum Gasteiger partial charge on any atom is 0.269 e. The first-order chi connectivity index (χ1) is 16.4. The molecule has 6 nitrogen and oxygen atoms in total. The molecule has 0 N–H and O–H groups in total. The van der Waals surface area contributed by atoms with Gasteiger partial charge in [-0.3, -0.25) is 9.20 Å². The molecule has 0 bridgehead atoms. The Hall–Kier alpha value is -4.28. The lowest BCUT2D eigenvalue weighted by molar-refractivity contribution is 0.457. The number of para-hydroxylation sites is 1. The molecule has 0 saturated carbocycles. The third kappa shape index (κ3) is 3.85. The van der Waals surface area contributed by atoms with Crippen LogP contribution < -0.4 is 10.3 Å². The van der Waals surface area contributed by atoms with E-state index >= 15 is 0 Å². The molecule has 0 fully saturated rings. The minimum absolute atomic E-state index is 0.153. The fourth-order valence-corrected chi connectivity index (χ4v) is 4.72. The molecule has 0 radical (unpaired) electrons. The van der Waals surface area contributed by atoms with Crippen LogP contribution in [-0.2, 0) is 0 Å². The smallest absolute Gasteiger partial charge is 0.269 e. The predicted octanol–water partition coefficient (Wildman–Crippen LogP) is 6.09. The highest BCUT2D eigenvalue weighted by Crippen LogP contribution is 2.31. The monoisotopic (exact) mass is 464 g/mol. The predicted molar refractivity (Wildman–Crippen MR) is 135 cm³/mol. The number of nitrogens with zero attached hydrogens (tertiary/aromatic N) is 4. The van der Waals surface area contributed by atoms with Crippen LogP contribution in [0.5, 0.6) is 11.6 Å². The molecule has 3 heterocycles. The van der Waals surface area contributed by atoms with Gasteiger partial charge < -0.3 is 4.74 Å². The quantitative estimate of drug-likeness (QED) is 0.301. The van der Waals surface area contributed by atoms with Crippen molar-refractivity contribution in [3.8, 4) is 17.7 Å². The standard InChI is InChI=1S/C27H20N4O2S/c1-16-10-11-22(18(3)13-16)33-25-20(27(32)31-12-6-7-17(2)24(31)30-25)14-19(15-28)26-29-21-8-4-5-9-23(21)34-26/h4-14H,1-3H3. The van der Waals surface area contributed by atoms with Crippen molar-refractivity contribution in [2.24, 2.45) is 0 Å². The van der Waals surface area contributed by atoms with E-state index in [2.05, 4.69) is 16.0 Å². The van der Waals surface area contributed by atoms with Crippen LogP contribution in [0.2, 0.25) is 0 Å². The van der Waals surface area contributed by atoms with E-state index in [1.807, 2.05) is 69.3 Å². The molecule has 7 heteroatoms. The van der Waals surface area contributed by atoms with Crippen LogP contribution in [0.25, 0.3) is 27.5 Å². The number of fused-ring (bicyclic) bond motifs is 2. The van der Waals surface area contributed by atoms with Gasteiger partial charge in [-0.1, -0.05) is 35.9 Å². The normalized spacial score (nSPS) is 11.6. The number of aryl methyl sites for hydroxylation is 3. The van der Waals surface area contributed by atoms with Crippen LogP contribution in [0.1, 0.15) is 27.3 Å². The van der Waals surface area contributed by atoms with Crippen LogP contribution in [0.15, 0.2) is 65.6 Å². The average Bonchev–Trinajstić information content (AvgIpc) is 3.25. The summed E-state index contributed by atoms with van der Waals surface area (Å²) >= 11 is 1.40. The fourth-order valence-electron chi connectivity index (χ4n) is 3.79. The van der Waals surface area contributed by atoms with Crippen LogP contribution >= 0.6 is 11.3 Å². The Morgan fingerprint density at radius 3 is 2.65 bits per heavy atom. The second kappa shape index (κ2) is 8.58. The molecule has 5 rings (SSSR count). The second-order valence-electron chi connectivity index (χ2n) is 8.05. The molecule has 0 unspecified atom stereocenters. The van der Waals surface area contributed by atoms with Gasteiger partial charge in [0.15, 0.2) is 0 Å². The van der Waals surface area contributed by atoms with E-state index in [0.717, 1.165) is 26.9 Å². The largest absolute Gasteiger partial charge is 0.438 e. The summed E-state index contributed by atoms with van der Waals surface area (Å²) < 4.78 is 8.63. The topological polar surface area (TPSA) is 80.3 Å². The van der Waals surface area contributed by atoms with Gasteiger partial charge in [0.2, 0.25) is 5.88 Å². The highest BCUT2D eigenvalue weighted by molar-refractivity contribution is 7.19. The number of pyridine rings is 1.